The maximum atomic E-state index is 10.7. The molecule has 0 aliphatic carbocycles. The van der Waals surface area contributed by atoms with Crippen molar-refractivity contribution in [1.29, 1.82) is 0 Å². The summed E-state index contributed by atoms with van der Waals surface area (Å²) in [4.78, 5) is 12.2. The fraction of sp³-hybridized carbons (Fsp3) is 0.462. The predicted octanol–water partition coefficient (Wildman–Crippen LogP) is 4.00. The molecule has 0 spiro atoms. The number of aryl methyl sites for hydroxylation is 1. The van der Waals surface area contributed by atoms with E-state index in [0.29, 0.717) is 6.42 Å². The second kappa shape index (κ2) is 6.57. The van der Waals surface area contributed by atoms with Crippen molar-refractivity contribution in [2.24, 2.45) is 0 Å². The van der Waals surface area contributed by atoms with E-state index in [4.69, 9.17) is 0 Å². The highest BCUT2D eigenvalue weighted by atomic mass is 32.1. The van der Waals surface area contributed by atoms with Gasteiger partial charge in [0.2, 0.25) is 0 Å². The minimum atomic E-state index is 0.275. The van der Waals surface area contributed by atoms with Gasteiger partial charge in [-0.3, -0.25) is 0 Å². The van der Waals surface area contributed by atoms with Crippen LogP contribution in [0.5, 0.6) is 0 Å². The average Bonchev–Trinajstić information content (AvgIpc) is 2.66. The largest absolute Gasteiger partial charge is 0.300 e. The van der Waals surface area contributed by atoms with Crippen LogP contribution in [0.4, 0.5) is 0 Å². The summed E-state index contributed by atoms with van der Waals surface area (Å²) in [7, 11) is 0. The second-order valence-electron chi connectivity index (χ2n) is 3.87. The zero-order chi connectivity index (χ0) is 11.1. The molecular weight excluding hydrogens is 204 g/mol. The van der Waals surface area contributed by atoms with Gasteiger partial charge in [0.1, 0.15) is 5.78 Å². The first-order chi connectivity index (χ1) is 7.18. The van der Waals surface area contributed by atoms with Crippen molar-refractivity contribution in [1.82, 2.24) is 0 Å². The minimum absolute atomic E-state index is 0.275. The summed E-state index contributed by atoms with van der Waals surface area (Å²) in [6.07, 6.45) is 6.00. The van der Waals surface area contributed by atoms with Crippen LogP contribution in [0.15, 0.2) is 29.2 Å². The third kappa shape index (κ3) is 5.53. The van der Waals surface area contributed by atoms with Crippen molar-refractivity contribution in [3.63, 3.8) is 0 Å². The Balaban J connectivity index is 2.23. The lowest BCUT2D eigenvalue weighted by molar-refractivity contribution is -0.116. The van der Waals surface area contributed by atoms with Gasteiger partial charge in [0.25, 0.3) is 0 Å². The van der Waals surface area contributed by atoms with Gasteiger partial charge in [0.05, 0.1) is 0 Å². The highest BCUT2D eigenvalue weighted by Gasteiger charge is 1.96. The summed E-state index contributed by atoms with van der Waals surface area (Å²) in [5.41, 5.74) is 1.39. The first-order valence-corrected chi connectivity index (χ1v) is 6.24. The summed E-state index contributed by atoms with van der Waals surface area (Å²) in [6, 6.07) is 4.27. The van der Waals surface area contributed by atoms with Gasteiger partial charge in [0.15, 0.2) is 0 Å². The summed E-state index contributed by atoms with van der Waals surface area (Å²) < 4.78 is 0. The normalized spacial score (nSPS) is 11.7. The summed E-state index contributed by atoms with van der Waals surface area (Å²) in [5.74, 6) is 0.275. The van der Waals surface area contributed by atoms with Crippen molar-refractivity contribution < 1.29 is 4.79 Å². The molecule has 0 bridgehead atoms. The Morgan fingerprint density at radius 2 is 2.20 bits per heavy atom. The quantitative estimate of drug-likeness (QED) is 0.665. The molecule has 1 aromatic heterocycles. The van der Waals surface area contributed by atoms with E-state index in [2.05, 4.69) is 30.5 Å². The van der Waals surface area contributed by atoms with Gasteiger partial charge in [-0.05, 0) is 44.6 Å². The number of rotatable bonds is 6. The molecule has 0 amide bonds. The standard InChI is InChI=1S/C13H18OS/c1-11(5-3-6-12(2)14)8-9-13-7-4-10-15-13/h4-5,7,10H,3,6,8-9H2,1-2H3. The Bertz CT molecular complexity index is 322. The van der Waals surface area contributed by atoms with Gasteiger partial charge < -0.3 is 4.79 Å². The molecule has 0 radical (unpaired) electrons. The number of Topliss-reactive ketones (excluding diaryl/α,β-unsaturated/α-hetero) is 1. The van der Waals surface area contributed by atoms with E-state index in [1.807, 2.05) is 11.3 Å². The van der Waals surface area contributed by atoms with Gasteiger partial charge in [0, 0.05) is 11.3 Å². The Hall–Kier alpha value is -0.890. The molecule has 2 heteroatoms. The van der Waals surface area contributed by atoms with E-state index < -0.39 is 0 Å². The molecule has 15 heavy (non-hydrogen) atoms. The molecule has 1 nitrogen and oxygen atoms in total. The molecule has 0 fully saturated rings. The van der Waals surface area contributed by atoms with E-state index in [-0.39, 0.29) is 5.78 Å². The number of ketones is 1. The van der Waals surface area contributed by atoms with Crippen molar-refractivity contribution in [2.45, 2.75) is 39.5 Å². The number of carbonyl (C=O) groups is 1. The fourth-order valence-electron chi connectivity index (χ4n) is 1.40. The van der Waals surface area contributed by atoms with E-state index in [9.17, 15) is 4.79 Å². The lowest BCUT2D eigenvalue weighted by Crippen LogP contribution is -1.88. The highest BCUT2D eigenvalue weighted by molar-refractivity contribution is 7.09. The van der Waals surface area contributed by atoms with E-state index in [1.54, 1.807) is 6.92 Å². The first-order valence-electron chi connectivity index (χ1n) is 5.36. The van der Waals surface area contributed by atoms with Gasteiger partial charge >= 0.3 is 0 Å². The van der Waals surface area contributed by atoms with Crippen LogP contribution in [0.3, 0.4) is 0 Å². The fourth-order valence-corrected chi connectivity index (χ4v) is 2.11. The Morgan fingerprint density at radius 3 is 2.80 bits per heavy atom. The SMILES string of the molecule is CC(=O)CCC=C(C)CCc1cccs1. The van der Waals surface area contributed by atoms with Gasteiger partial charge in [-0.15, -0.1) is 11.3 Å². The molecule has 0 aliphatic heterocycles. The van der Waals surface area contributed by atoms with E-state index in [0.717, 1.165) is 19.3 Å². The molecule has 0 atom stereocenters. The van der Waals surface area contributed by atoms with Crippen molar-refractivity contribution in [3.8, 4) is 0 Å². The molecule has 0 N–H and O–H groups in total. The van der Waals surface area contributed by atoms with Crippen LogP contribution in [0.2, 0.25) is 0 Å². The number of hydrogen-bond donors (Lipinski definition) is 0. The maximum Gasteiger partial charge on any atom is 0.130 e. The number of hydrogen-bond acceptors (Lipinski definition) is 2. The molecular formula is C13H18OS. The molecule has 1 rings (SSSR count). The van der Waals surface area contributed by atoms with Gasteiger partial charge in [-0.1, -0.05) is 17.7 Å². The zero-order valence-electron chi connectivity index (χ0n) is 9.45. The summed E-state index contributed by atoms with van der Waals surface area (Å²) in [5, 5.41) is 2.12. The van der Waals surface area contributed by atoms with Crippen LogP contribution in [-0.4, -0.2) is 5.78 Å². The lowest BCUT2D eigenvalue weighted by atomic mass is 10.1. The predicted molar refractivity (Wildman–Crippen MR) is 66.3 cm³/mol. The zero-order valence-corrected chi connectivity index (χ0v) is 10.3. The van der Waals surface area contributed by atoms with Crippen LogP contribution < -0.4 is 0 Å². The Kier molecular flexibility index (Phi) is 5.33. The van der Waals surface area contributed by atoms with Crippen LogP contribution in [-0.2, 0) is 11.2 Å². The second-order valence-corrected chi connectivity index (χ2v) is 4.90. The molecule has 1 aromatic rings. The number of allylic oxidation sites excluding steroid dienone is 2. The van der Waals surface area contributed by atoms with Crippen LogP contribution in [0.25, 0.3) is 0 Å². The molecule has 0 aromatic carbocycles. The molecule has 1 heterocycles. The molecule has 0 unspecified atom stereocenters. The first kappa shape index (κ1) is 12.2. The molecule has 82 valence electrons. The Labute approximate surface area is 95.8 Å². The number of thiophene rings is 1. The smallest absolute Gasteiger partial charge is 0.130 e. The van der Waals surface area contributed by atoms with E-state index >= 15 is 0 Å². The van der Waals surface area contributed by atoms with Crippen molar-refractivity contribution >= 4 is 17.1 Å². The lowest BCUT2D eigenvalue weighted by Gasteiger charge is -1.99. The van der Waals surface area contributed by atoms with Crippen LogP contribution >= 0.6 is 11.3 Å². The third-order valence-electron chi connectivity index (χ3n) is 2.34. The van der Waals surface area contributed by atoms with Crippen molar-refractivity contribution in [2.75, 3.05) is 0 Å². The van der Waals surface area contributed by atoms with E-state index in [1.165, 1.54) is 10.5 Å². The molecule has 0 saturated carbocycles. The maximum absolute atomic E-state index is 10.7. The minimum Gasteiger partial charge on any atom is -0.300 e. The molecule has 0 saturated heterocycles. The number of carbonyl (C=O) groups excluding carboxylic acids is 1. The molecule has 0 aliphatic rings. The Morgan fingerprint density at radius 1 is 1.40 bits per heavy atom. The average molecular weight is 222 g/mol. The van der Waals surface area contributed by atoms with Gasteiger partial charge in [-0.25, -0.2) is 0 Å². The van der Waals surface area contributed by atoms with Crippen molar-refractivity contribution in [3.05, 3.63) is 34.0 Å². The summed E-state index contributed by atoms with van der Waals surface area (Å²) >= 11 is 1.81. The van der Waals surface area contributed by atoms with Crippen LogP contribution in [0.1, 0.15) is 38.0 Å². The highest BCUT2D eigenvalue weighted by Crippen LogP contribution is 2.14. The van der Waals surface area contributed by atoms with Gasteiger partial charge in [-0.2, -0.15) is 0 Å². The topological polar surface area (TPSA) is 17.1 Å². The summed E-state index contributed by atoms with van der Waals surface area (Å²) in [6.45, 7) is 3.79. The monoisotopic (exact) mass is 222 g/mol. The van der Waals surface area contributed by atoms with Crippen LogP contribution in [0, 0.1) is 0 Å². The third-order valence-corrected chi connectivity index (χ3v) is 3.27.